The molecular formula is C31H51NO3. The highest BCUT2D eigenvalue weighted by Crippen LogP contribution is 2.23. The molecule has 3 unspecified atom stereocenters. The Morgan fingerprint density at radius 1 is 0.943 bits per heavy atom. The molecule has 0 saturated heterocycles. The normalized spacial score (nSPS) is 22.8. The van der Waals surface area contributed by atoms with E-state index in [2.05, 4.69) is 48.7 Å². The molecule has 0 fully saturated rings. The number of esters is 1. The van der Waals surface area contributed by atoms with E-state index in [9.17, 15) is 4.79 Å². The Labute approximate surface area is 215 Å². The van der Waals surface area contributed by atoms with Crippen LogP contribution in [0.25, 0.3) is 0 Å². The molecule has 3 aliphatic rings. The first-order valence-corrected chi connectivity index (χ1v) is 14.3. The summed E-state index contributed by atoms with van der Waals surface area (Å²) in [6, 6.07) is 0.105. The third-order valence-corrected chi connectivity index (χ3v) is 6.20. The van der Waals surface area contributed by atoms with Crippen molar-refractivity contribution in [3.63, 3.8) is 0 Å². The number of carbonyl (C=O) groups is 1. The van der Waals surface area contributed by atoms with Gasteiger partial charge in [0.1, 0.15) is 5.76 Å². The highest BCUT2D eigenvalue weighted by Gasteiger charge is 2.22. The topological polar surface area (TPSA) is 47.6 Å². The third-order valence-electron chi connectivity index (χ3n) is 6.20. The molecular weight excluding hydrogens is 434 g/mol. The molecule has 1 aliphatic heterocycles. The predicted octanol–water partition coefficient (Wildman–Crippen LogP) is 8.33. The van der Waals surface area contributed by atoms with Crippen LogP contribution in [0.15, 0.2) is 60.1 Å². The van der Waals surface area contributed by atoms with Crippen molar-refractivity contribution < 1.29 is 14.3 Å². The Bertz CT molecular complexity index is 717. The van der Waals surface area contributed by atoms with Gasteiger partial charge in [0.05, 0.1) is 18.1 Å². The van der Waals surface area contributed by atoms with Crippen molar-refractivity contribution in [2.24, 2.45) is 5.92 Å². The Morgan fingerprint density at radius 3 is 2.40 bits per heavy atom. The van der Waals surface area contributed by atoms with Crippen LogP contribution in [0.1, 0.15) is 105 Å². The molecule has 35 heavy (non-hydrogen) atoms. The number of nitrogens with one attached hydrogen (secondary N) is 1. The van der Waals surface area contributed by atoms with E-state index in [1.165, 1.54) is 37.7 Å². The number of rotatable bonds is 11. The van der Waals surface area contributed by atoms with Crippen LogP contribution >= 0.6 is 0 Å². The van der Waals surface area contributed by atoms with Crippen LogP contribution in [0, 0.1) is 5.92 Å². The van der Waals surface area contributed by atoms with Gasteiger partial charge < -0.3 is 14.8 Å². The zero-order chi connectivity index (χ0) is 25.7. The minimum absolute atomic E-state index is 0.0159. The van der Waals surface area contributed by atoms with Gasteiger partial charge in [-0.3, -0.25) is 4.79 Å². The van der Waals surface area contributed by atoms with Gasteiger partial charge in [0.15, 0.2) is 0 Å². The predicted molar refractivity (Wildman–Crippen MR) is 149 cm³/mol. The first-order chi connectivity index (χ1) is 17.3. The average molecular weight is 486 g/mol. The largest absolute Gasteiger partial charge is 0.425 e. The third kappa shape index (κ3) is 12.5. The SMILES string of the molecule is CC.CC.CCCCCCCCOC1C=CC(C2C=CC(OC(=O)C3CC=CCC3)=CN2)=CCC1. The molecule has 3 atom stereocenters. The summed E-state index contributed by atoms with van der Waals surface area (Å²) in [4.78, 5) is 12.3. The summed E-state index contributed by atoms with van der Waals surface area (Å²) in [6.45, 7) is 11.1. The van der Waals surface area contributed by atoms with Gasteiger partial charge in [-0.15, -0.1) is 0 Å². The fourth-order valence-electron chi connectivity index (χ4n) is 4.23. The van der Waals surface area contributed by atoms with Crippen molar-refractivity contribution in [2.45, 2.75) is 117 Å². The first kappa shape index (κ1) is 31.0. The number of dihydropyridines is 1. The molecule has 3 rings (SSSR count). The molecule has 4 heteroatoms. The highest BCUT2D eigenvalue weighted by atomic mass is 16.5. The zero-order valence-electron chi connectivity index (χ0n) is 23.1. The minimum Gasteiger partial charge on any atom is -0.425 e. The number of unbranched alkanes of at least 4 members (excludes halogenated alkanes) is 5. The first-order valence-electron chi connectivity index (χ1n) is 14.3. The van der Waals surface area contributed by atoms with Gasteiger partial charge in [-0.25, -0.2) is 0 Å². The maximum Gasteiger partial charge on any atom is 0.314 e. The number of ether oxygens (including phenoxy) is 2. The van der Waals surface area contributed by atoms with Crippen molar-refractivity contribution in [1.29, 1.82) is 0 Å². The summed E-state index contributed by atoms with van der Waals surface area (Å²) in [5.74, 6) is 0.450. The van der Waals surface area contributed by atoms with Crippen LogP contribution in [0.2, 0.25) is 0 Å². The molecule has 1 heterocycles. The van der Waals surface area contributed by atoms with Crippen molar-refractivity contribution in [3.8, 4) is 0 Å². The summed E-state index contributed by atoms with van der Waals surface area (Å²) in [6.07, 6.45) is 29.3. The van der Waals surface area contributed by atoms with Gasteiger partial charge in [0.25, 0.3) is 0 Å². The standard InChI is InChI=1S/C27H39NO3.2C2H6/c1-2-3-4-5-6-10-20-30-24-15-11-14-22(16-17-24)26-19-18-25(21-28-26)31-27(29)23-12-8-7-9-13-23;2*1-2/h7-8,14,16-19,21,23-24,26,28H,2-6,9-13,15,20H2,1H3;2*1-2H3. The number of hydrogen-bond donors (Lipinski definition) is 1. The second kappa shape index (κ2) is 20.2. The van der Waals surface area contributed by atoms with Gasteiger partial charge in [0, 0.05) is 12.8 Å². The Hall–Kier alpha value is -2.07. The van der Waals surface area contributed by atoms with E-state index in [4.69, 9.17) is 9.47 Å². The maximum atomic E-state index is 12.3. The molecule has 2 aliphatic carbocycles. The van der Waals surface area contributed by atoms with Gasteiger partial charge in [-0.2, -0.15) is 0 Å². The van der Waals surface area contributed by atoms with Crippen LogP contribution in [0.4, 0.5) is 0 Å². The highest BCUT2D eigenvalue weighted by molar-refractivity contribution is 5.74. The van der Waals surface area contributed by atoms with Crippen molar-refractivity contribution in [2.75, 3.05) is 6.61 Å². The van der Waals surface area contributed by atoms with Gasteiger partial charge in [0.2, 0.25) is 0 Å². The molecule has 0 aromatic carbocycles. The van der Waals surface area contributed by atoms with Gasteiger partial charge >= 0.3 is 5.97 Å². The fraction of sp³-hybridized carbons (Fsp3) is 0.645. The summed E-state index contributed by atoms with van der Waals surface area (Å²) >= 11 is 0. The van der Waals surface area contributed by atoms with E-state index in [0.717, 1.165) is 45.1 Å². The van der Waals surface area contributed by atoms with Gasteiger partial charge in [-0.05, 0) is 50.2 Å². The van der Waals surface area contributed by atoms with Crippen LogP contribution in [-0.2, 0) is 14.3 Å². The molecule has 4 nitrogen and oxygen atoms in total. The lowest BCUT2D eigenvalue weighted by atomic mass is 9.95. The molecule has 0 spiro atoms. The Balaban J connectivity index is 0.00000145. The molecule has 0 saturated carbocycles. The number of hydrogen-bond acceptors (Lipinski definition) is 4. The molecule has 0 bridgehead atoms. The molecule has 0 aromatic rings. The fourth-order valence-corrected chi connectivity index (χ4v) is 4.23. The minimum atomic E-state index is -0.126. The monoisotopic (exact) mass is 485 g/mol. The second-order valence-corrected chi connectivity index (χ2v) is 8.77. The lowest BCUT2D eigenvalue weighted by Crippen LogP contribution is -2.28. The van der Waals surface area contributed by atoms with E-state index in [-0.39, 0.29) is 24.0 Å². The smallest absolute Gasteiger partial charge is 0.314 e. The van der Waals surface area contributed by atoms with E-state index >= 15 is 0 Å². The van der Waals surface area contributed by atoms with Gasteiger partial charge in [-0.1, -0.05) is 103 Å². The van der Waals surface area contributed by atoms with Crippen LogP contribution in [-0.4, -0.2) is 24.7 Å². The Kier molecular flexibility index (Phi) is 17.8. The number of allylic oxidation sites excluding steroid dienone is 4. The molecule has 0 aromatic heterocycles. The summed E-state index contributed by atoms with van der Waals surface area (Å²) in [5.41, 5.74) is 1.24. The molecule has 1 N–H and O–H groups in total. The number of carbonyl (C=O) groups excluding carboxylic acids is 1. The molecule has 0 amide bonds. The lowest BCUT2D eigenvalue weighted by Gasteiger charge is -2.21. The summed E-state index contributed by atoms with van der Waals surface area (Å²) in [5, 5.41) is 3.37. The van der Waals surface area contributed by atoms with E-state index < -0.39 is 0 Å². The van der Waals surface area contributed by atoms with Crippen molar-refractivity contribution in [1.82, 2.24) is 5.32 Å². The summed E-state index contributed by atoms with van der Waals surface area (Å²) < 4.78 is 11.7. The summed E-state index contributed by atoms with van der Waals surface area (Å²) in [7, 11) is 0. The van der Waals surface area contributed by atoms with Crippen molar-refractivity contribution >= 4 is 5.97 Å². The molecule has 198 valence electrons. The zero-order valence-corrected chi connectivity index (χ0v) is 23.1. The second-order valence-electron chi connectivity index (χ2n) is 8.77. The van der Waals surface area contributed by atoms with E-state index in [1.54, 1.807) is 0 Å². The molecule has 0 radical (unpaired) electrons. The van der Waals surface area contributed by atoms with Crippen molar-refractivity contribution in [3.05, 3.63) is 60.1 Å². The van der Waals surface area contributed by atoms with E-state index in [0.29, 0.717) is 5.76 Å². The maximum absolute atomic E-state index is 12.3. The van der Waals surface area contributed by atoms with Crippen LogP contribution < -0.4 is 5.32 Å². The van der Waals surface area contributed by atoms with Crippen LogP contribution in [0.3, 0.4) is 0 Å². The average Bonchev–Trinajstić information content (AvgIpc) is 3.17. The lowest BCUT2D eigenvalue weighted by molar-refractivity contribution is -0.144. The van der Waals surface area contributed by atoms with Crippen LogP contribution in [0.5, 0.6) is 0 Å². The Morgan fingerprint density at radius 2 is 1.71 bits per heavy atom. The van der Waals surface area contributed by atoms with E-state index in [1.807, 2.05) is 40.0 Å². The quantitative estimate of drug-likeness (QED) is 0.181.